The smallest absolute Gasteiger partial charge is 0.253 e. The summed E-state index contributed by atoms with van der Waals surface area (Å²) in [5.41, 5.74) is 0.556. The Balaban J connectivity index is 1.31. The van der Waals surface area contributed by atoms with Gasteiger partial charge in [-0.2, -0.15) is 4.31 Å². The number of halogens is 1. The number of nitrogens with zero attached hydrogens (tertiary/aromatic N) is 2. The molecule has 10 heteroatoms. The molecule has 2 aliphatic heterocycles. The molecule has 0 bridgehead atoms. The van der Waals surface area contributed by atoms with Gasteiger partial charge < -0.3 is 14.4 Å². The summed E-state index contributed by atoms with van der Waals surface area (Å²) in [6.45, 7) is 2.50. The first-order valence-corrected chi connectivity index (χ1v) is 12.5. The first kappa shape index (κ1) is 21.6. The van der Waals surface area contributed by atoms with Crippen molar-refractivity contribution < 1.29 is 22.7 Å². The fourth-order valence-electron chi connectivity index (χ4n) is 3.54. The highest BCUT2D eigenvalue weighted by molar-refractivity contribution is 7.91. The van der Waals surface area contributed by atoms with Crippen molar-refractivity contribution in [2.75, 3.05) is 39.4 Å². The lowest BCUT2D eigenvalue weighted by molar-refractivity contribution is 0.0676. The molecule has 2 saturated heterocycles. The molecule has 0 aliphatic carbocycles. The van der Waals surface area contributed by atoms with Gasteiger partial charge in [0.25, 0.3) is 15.9 Å². The van der Waals surface area contributed by atoms with E-state index in [0.29, 0.717) is 35.3 Å². The van der Waals surface area contributed by atoms with Gasteiger partial charge in [-0.05, 0) is 49.2 Å². The van der Waals surface area contributed by atoms with Gasteiger partial charge in [0.2, 0.25) is 0 Å². The number of hydrogen-bond donors (Lipinski definition) is 0. The fraction of sp³-hybridized carbons (Fsp3) is 0.450. The van der Waals surface area contributed by atoms with E-state index in [1.54, 1.807) is 35.2 Å². The van der Waals surface area contributed by atoms with Crippen LogP contribution in [0.15, 0.2) is 40.6 Å². The van der Waals surface area contributed by atoms with Gasteiger partial charge in [0.15, 0.2) is 0 Å². The molecule has 0 spiro atoms. The summed E-state index contributed by atoms with van der Waals surface area (Å²) < 4.78 is 38.7. The number of rotatable bonds is 6. The van der Waals surface area contributed by atoms with Gasteiger partial charge in [-0.25, -0.2) is 8.42 Å². The van der Waals surface area contributed by atoms with Crippen LogP contribution < -0.4 is 4.74 Å². The molecule has 7 nitrogen and oxygen atoms in total. The minimum atomic E-state index is -3.57. The Hall–Kier alpha value is -1.65. The summed E-state index contributed by atoms with van der Waals surface area (Å²) in [4.78, 5) is 14.5. The number of hydrogen-bond acceptors (Lipinski definition) is 6. The predicted molar refractivity (Wildman–Crippen MR) is 115 cm³/mol. The number of carbonyl (C=O) groups excluding carboxylic acids is 1. The largest absolute Gasteiger partial charge is 0.491 e. The molecule has 1 atom stereocenters. The molecule has 3 heterocycles. The molecule has 2 fully saturated rings. The first-order chi connectivity index (χ1) is 14.4. The monoisotopic (exact) mass is 470 g/mol. The third kappa shape index (κ3) is 4.81. The second kappa shape index (κ2) is 9.23. The zero-order valence-electron chi connectivity index (χ0n) is 16.3. The molecule has 1 amide bonds. The van der Waals surface area contributed by atoms with Gasteiger partial charge in [-0.1, -0.05) is 11.6 Å². The third-order valence-corrected chi connectivity index (χ3v) is 8.83. The summed E-state index contributed by atoms with van der Waals surface area (Å²) >= 11 is 6.91. The van der Waals surface area contributed by atoms with Gasteiger partial charge in [0.1, 0.15) is 16.6 Å². The Morgan fingerprint density at radius 2 is 1.87 bits per heavy atom. The van der Waals surface area contributed by atoms with E-state index in [1.807, 2.05) is 0 Å². The summed E-state index contributed by atoms with van der Waals surface area (Å²) in [6, 6.07) is 10.1. The number of benzene rings is 1. The Morgan fingerprint density at radius 3 is 2.47 bits per heavy atom. The van der Waals surface area contributed by atoms with E-state index in [4.69, 9.17) is 21.1 Å². The van der Waals surface area contributed by atoms with Gasteiger partial charge in [0, 0.05) is 38.3 Å². The highest BCUT2D eigenvalue weighted by Crippen LogP contribution is 2.28. The average molecular weight is 471 g/mol. The summed E-state index contributed by atoms with van der Waals surface area (Å²) in [5.74, 6) is 0.587. The topological polar surface area (TPSA) is 76.2 Å². The molecule has 30 heavy (non-hydrogen) atoms. The molecule has 0 unspecified atom stereocenters. The maximum atomic E-state index is 12.8. The van der Waals surface area contributed by atoms with Gasteiger partial charge in [-0.15, -0.1) is 11.3 Å². The Labute approximate surface area is 185 Å². The van der Waals surface area contributed by atoms with Crippen molar-refractivity contribution in [1.29, 1.82) is 0 Å². The van der Waals surface area contributed by atoms with Crippen molar-refractivity contribution in [2.24, 2.45) is 0 Å². The average Bonchev–Trinajstić information content (AvgIpc) is 3.44. The van der Waals surface area contributed by atoms with Crippen molar-refractivity contribution in [1.82, 2.24) is 9.21 Å². The lowest BCUT2D eigenvalue weighted by atomic mass is 10.2. The second-order valence-corrected chi connectivity index (χ2v) is 11.1. The zero-order chi connectivity index (χ0) is 21.1. The van der Waals surface area contributed by atoms with Crippen LogP contribution in [0.1, 0.15) is 23.2 Å². The van der Waals surface area contributed by atoms with E-state index in [9.17, 15) is 13.2 Å². The molecule has 0 saturated carbocycles. The van der Waals surface area contributed by atoms with E-state index in [0.717, 1.165) is 30.8 Å². The standard InChI is InChI=1S/C20H23ClN2O5S2/c21-18-7-8-19(29-18)30(25,26)23-11-9-22(10-12-23)20(24)15-3-5-16(6-4-15)28-14-17-2-1-13-27-17/h3-8,17H,1-2,9-14H2/t17-/m0/s1. The molecule has 1 aromatic carbocycles. The summed E-state index contributed by atoms with van der Waals surface area (Å²) in [6.07, 6.45) is 2.22. The van der Waals surface area contributed by atoms with E-state index in [2.05, 4.69) is 0 Å². The van der Waals surface area contributed by atoms with E-state index in [-0.39, 0.29) is 29.3 Å². The Bertz CT molecular complexity index is 979. The van der Waals surface area contributed by atoms with Crippen molar-refractivity contribution in [3.05, 3.63) is 46.3 Å². The van der Waals surface area contributed by atoms with E-state index < -0.39 is 10.0 Å². The highest BCUT2D eigenvalue weighted by Gasteiger charge is 2.31. The van der Waals surface area contributed by atoms with Crippen molar-refractivity contribution in [3.63, 3.8) is 0 Å². The molecule has 4 rings (SSSR count). The van der Waals surface area contributed by atoms with Gasteiger partial charge >= 0.3 is 0 Å². The van der Waals surface area contributed by atoms with E-state index >= 15 is 0 Å². The van der Waals surface area contributed by atoms with Crippen molar-refractivity contribution >= 4 is 38.9 Å². The van der Waals surface area contributed by atoms with Crippen LogP contribution in [0.2, 0.25) is 4.34 Å². The maximum absolute atomic E-state index is 12.8. The molecular formula is C20H23ClN2O5S2. The first-order valence-electron chi connectivity index (χ1n) is 9.83. The number of thiophene rings is 1. The number of amides is 1. The second-order valence-electron chi connectivity index (χ2n) is 7.23. The van der Waals surface area contributed by atoms with Crippen LogP contribution in [0.25, 0.3) is 0 Å². The zero-order valence-corrected chi connectivity index (χ0v) is 18.7. The molecule has 162 valence electrons. The number of ether oxygens (including phenoxy) is 2. The molecular weight excluding hydrogens is 448 g/mol. The van der Waals surface area contributed by atoms with Crippen molar-refractivity contribution in [3.8, 4) is 5.75 Å². The van der Waals surface area contributed by atoms with Gasteiger partial charge in [-0.3, -0.25) is 4.79 Å². The Kier molecular flexibility index (Phi) is 6.64. The summed E-state index contributed by atoms with van der Waals surface area (Å²) in [7, 11) is -3.57. The van der Waals surface area contributed by atoms with Crippen LogP contribution in [0.4, 0.5) is 0 Å². The lowest BCUT2D eigenvalue weighted by Gasteiger charge is -2.33. The highest BCUT2D eigenvalue weighted by atomic mass is 35.5. The number of sulfonamides is 1. The van der Waals surface area contributed by atoms with Crippen molar-refractivity contribution in [2.45, 2.75) is 23.2 Å². The minimum absolute atomic E-state index is 0.114. The van der Waals surface area contributed by atoms with Crippen LogP contribution in [-0.4, -0.2) is 69.0 Å². The fourth-order valence-corrected chi connectivity index (χ4v) is 6.60. The predicted octanol–water partition coefficient (Wildman–Crippen LogP) is 3.11. The number of piperazine rings is 1. The third-order valence-electron chi connectivity index (χ3n) is 5.23. The van der Waals surface area contributed by atoms with Crippen LogP contribution in [0, 0.1) is 0 Å². The number of carbonyl (C=O) groups is 1. The van der Waals surface area contributed by atoms with Gasteiger partial charge in [0.05, 0.1) is 10.4 Å². The normalized spacial score (nSPS) is 20.4. The van der Waals surface area contributed by atoms with Crippen LogP contribution in [0.5, 0.6) is 5.75 Å². The van der Waals surface area contributed by atoms with Crippen LogP contribution in [0.3, 0.4) is 0 Å². The minimum Gasteiger partial charge on any atom is -0.491 e. The lowest BCUT2D eigenvalue weighted by Crippen LogP contribution is -2.50. The molecule has 0 N–H and O–H groups in total. The summed E-state index contributed by atoms with van der Waals surface area (Å²) in [5, 5.41) is 0. The maximum Gasteiger partial charge on any atom is 0.253 e. The quantitative estimate of drug-likeness (QED) is 0.648. The SMILES string of the molecule is O=C(c1ccc(OC[C@@H]2CCCO2)cc1)N1CCN(S(=O)(=O)c2ccc(Cl)s2)CC1. The molecule has 0 radical (unpaired) electrons. The van der Waals surface area contributed by atoms with Crippen LogP contribution >= 0.6 is 22.9 Å². The molecule has 1 aromatic heterocycles. The molecule has 2 aliphatic rings. The van der Waals surface area contributed by atoms with E-state index in [1.165, 1.54) is 10.4 Å². The Morgan fingerprint density at radius 1 is 1.13 bits per heavy atom. The molecule has 2 aromatic rings. The van der Waals surface area contributed by atoms with Crippen LogP contribution in [-0.2, 0) is 14.8 Å².